The van der Waals surface area contributed by atoms with Crippen molar-refractivity contribution in [2.75, 3.05) is 0 Å². The zero-order chi connectivity index (χ0) is 14.6. The van der Waals surface area contributed by atoms with Gasteiger partial charge in [0.05, 0.1) is 0 Å². The average Bonchev–Trinajstić information content (AvgIpc) is 2.46. The highest BCUT2D eigenvalue weighted by Gasteiger charge is 2.45. The van der Waals surface area contributed by atoms with Crippen LogP contribution in [0.15, 0.2) is 60.2 Å². The molecule has 2 N–H and O–H groups in total. The van der Waals surface area contributed by atoms with E-state index in [-0.39, 0.29) is 6.42 Å². The van der Waals surface area contributed by atoms with Crippen LogP contribution in [0.2, 0.25) is 0 Å². The minimum atomic E-state index is -1.87. The molecule has 0 saturated heterocycles. The second-order valence-electron chi connectivity index (χ2n) is 4.60. The second-order valence-corrected chi connectivity index (χ2v) is 4.60. The molecule has 0 saturated carbocycles. The normalized spacial score (nSPS) is 16.9. The summed E-state index contributed by atoms with van der Waals surface area (Å²) in [6.07, 6.45) is 7.95. The largest absolute Gasteiger partial charge is 0.480 e. The van der Waals surface area contributed by atoms with Crippen molar-refractivity contribution in [3.63, 3.8) is 0 Å². The summed E-state index contributed by atoms with van der Waals surface area (Å²) >= 11 is 0. The highest BCUT2D eigenvalue weighted by molar-refractivity contribution is 6.01. The van der Waals surface area contributed by atoms with Crippen molar-refractivity contribution >= 4 is 18.0 Å². The molecule has 20 heavy (non-hydrogen) atoms. The third kappa shape index (κ3) is 2.69. The predicted octanol–water partition coefficient (Wildman–Crippen LogP) is 2.74. The van der Waals surface area contributed by atoms with Crippen LogP contribution in [0.4, 0.5) is 0 Å². The molecule has 4 nitrogen and oxygen atoms in total. The summed E-state index contributed by atoms with van der Waals surface area (Å²) in [5.41, 5.74) is -0.231. The van der Waals surface area contributed by atoms with Crippen LogP contribution in [0.25, 0.3) is 6.08 Å². The van der Waals surface area contributed by atoms with Crippen LogP contribution in [0, 0.1) is 5.41 Å². The van der Waals surface area contributed by atoms with Gasteiger partial charge in [0.1, 0.15) is 0 Å². The standard InChI is InChI=1S/C16H14O4/c17-14(18)16(15(19)20)10-4-7-13(11-16)9-8-12-5-2-1-3-6-12/h1-10H,11H2,(H,17,18)(H,19,20)/b9-8+. The first-order chi connectivity index (χ1) is 9.54. The first-order valence-corrected chi connectivity index (χ1v) is 6.13. The fourth-order valence-corrected chi connectivity index (χ4v) is 2.04. The third-order valence-corrected chi connectivity index (χ3v) is 3.23. The van der Waals surface area contributed by atoms with Crippen molar-refractivity contribution in [3.05, 3.63) is 65.8 Å². The van der Waals surface area contributed by atoms with E-state index in [4.69, 9.17) is 0 Å². The zero-order valence-electron chi connectivity index (χ0n) is 10.7. The van der Waals surface area contributed by atoms with Crippen LogP contribution in [0.3, 0.4) is 0 Å². The molecular formula is C16H14O4. The Labute approximate surface area is 116 Å². The number of carboxylic acid groups (broad SMARTS) is 2. The van der Waals surface area contributed by atoms with E-state index in [9.17, 15) is 19.8 Å². The van der Waals surface area contributed by atoms with E-state index in [1.807, 2.05) is 36.4 Å². The van der Waals surface area contributed by atoms with Gasteiger partial charge in [-0.05, 0) is 11.1 Å². The van der Waals surface area contributed by atoms with Crippen LogP contribution in [0.1, 0.15) is 12.0 Å². The lowest BCUT2D eigenvalue weighted by Crippen LogP contribution is -2.38. The smallest absolute Gasteiger partial charge is 0.325 e. The molecule has 1 aromatic rings. The van der Waals surface area contributed by atoms with E-state index in [2.05, 4.69) is 0 Å². The van der Waals surface area contributed by atoms with Crippen molar-refractivity contribution < 1.29 is 19.8 Å². The quantitative estimate of drug-likeness (QED) is 0.825. The second kappa shape index (κ2) is 5.57. The Morgan fingerprint density at radius 1 is 1.05 bits per heavy atom. The molecule has 0 atom stereocenters. The van der Waals surface area contributed by atoms with E-state index in [1.54, 1.807) is 12.2 Å². The predicted molar refractivity (Wildman–Crippen MR) is 75.0 cm³/mol. The molecule has 0 amide bonds. The van der Waals surface area contributed by atoms with E-state index in [1.165, 1.54) is 12.2 Å². The Balaban J connectivity index is 2.22. The lowest BCUT2D eigenvalue weighted by molar-refractivity contribution is -0.160. The van der Waals surface area contributed by atoms with Crippen molar-refractivity contribution in [3.8, 4) is 0 Å². The van der Waals surface area contributed by atoms with Gasteiger partial charge in [-0.3, -0.25) is 9.59 Å². The summed E-state index contributed by atoms with van der Waals surface area (Å²) in [7, 11) is 0. The van der Waals surface area contributed by atoms with Gasteiger partial charge in [0.2, 0.25) is 0 Å². The molecule has 0 heterocycles. The van der Waals surface area contributed by atoms with Gasteiger partial charge in [-0.15, -0.1) is 0 Å². The van der Waals surface area contributed by atoms with Gasteiger partial charge in [-0.2, -0.15) is 0 Å². The number of benzene rings is 1. The molecular weight excluding hydrogens is 256 g/mol. The first kappa shape index (κ1) is 13.8. The Morgan fingerprint density at radius 3 is 2.30 bits per heavy atom. The Kier molecular flexibility index (Phi) is 3.84. The van der Waals surface area contributed by atoms with Crippen LogP contribution >= 0.6 is 0 Å². The molecule has 2 rings (SSSR count). The van der Waals surface area contributed by atoms with Gasteiger partial charge < -0.3 is 10.2 Å². The van der Waals surface area contributed by atoms with E-state index in [0.29, 0.717) is 5.57 Å². The molecule has 1 aliphatic carbocycles. The number of rotatable bonds is 4. The highest BCUT2D eigenvalue weighted by Crippen LogP contribution is 2.33. The number of carboxylic acids is 2. The number of hydrogen-bond donors (Lipinski definition) is 2. The highest BCUT2D eigenvalue weighted by atomic mass is 16.4. The van der Waals surface area contributed by atoms with Crippen molar-refractivity contribution in [2.24, 2.45) is 5.41 Å². The van der Waals surface area contributed by atoms with Crippen LogP contribution in [-0.2, 0) is 9.59 Å². The molecule has 1 aromatic carbocycles. The average molecular weight is 270 g/mol. The molecule has 0 radical (unpaired) electrons. The SMILES string of the molecule is O=C(O)C1(C(=O)O)C=CC=C(/C=C/c2ccccc2)C1. The lowest BCUT2D eigenvalue weighted by atomic mass is 9.78. The van der Waals surface area contributed by atoms with Crippen molar-refractivity contribution in [1.82, 2.24) is 0 Å². The fraction of sp³-hybridized carbons (Fsp3) is 0.125. The third-order valence-electron chi connectivity index (χ3n) is 3.23. The number of allylic oxidation sites excluding steroid dienone is 4. The van der Waals surface area contributed by atoms with Gasteiger partial charge in [0.25, 0.3) is 0 Å². The van der Waals surface area contributed by atoms with Crippen LogP contribution in [-0.4, -0.2) is 22.2 Å². The number of hydrogen-bond acceptors (Lipinski definition) is 2. The topological polar surface area (TPSA) is 74.6 Å². The summed E-state index contributed by atoms with van der Waals surface area (Å²) in [5, 5.41) is 18.4. The zero-order valence-corrected chi connectivity index (χ0v) is 10.7. The van der Waals surface area contributed by atoms with E-state index >= 15 is 0 Å². The maximum Gasteiger partial charge on any atom is 0.325 e. The molecule has 0 aliphatic heterocycles. The minimum Gasteiger partial charge on any atom is -0.480 e. The monoisotopic (exact) mass is 270 g/mol. The Hall–Kier alpha value is -2.62. The molecule has 102 valence electrons. The maximum atomic E-state index is 11.3. The van der Waals surface area contributed by atoms with Gasteiger partial charge in [-0.1, -0.05) is 60.7 Å². The van der Waals surface area contributed by atoms with E-state index in [0.717, 1.165) is 5.56 Å². The molecule has 0 bridgehead atoms. The van der Waals surface area contributed by atoms with Crippen molar-refractivity contribution in [2.45, 2.75) is 6.42 Å². The van der Waals surface area contributed by atoms with Crippen LogP contribution < -0.4 is 0 Å². The summed E-state index contributed by atoms with van der Waals surface area (Å²) in [6.45, 7) is 0. The molecule has 0 aromatic heterocycles. The number of carbonyl (C=O) groups is 2. The van der Waals surface area contributed by atoms with Crippen molar-refractivity contribution in [1.29, 1.82) is 0 Å². The van der Waals surface area contributed by atoms with Gasteiger partial charge in [0, 0.05) is 6.42 Å². The fourth-order valence-electron chi connectivity index (χ4n) is 2.04. The summed E-state index contributed by atoms with van der Waals surface area (Å²) < 4.78 is 0. The van der Waals surface area contributed by atoms with Crippen LogP contribution in [0.5, 0.6) is 0 Å². The molecule has 0 unspecified atom stereocenters. The lowest BCUT2D eigenvalue weighted by Gasteiger charge is -2.23. The number of aliphatic carboxylic acids is 2. The maximum absolute atomic E-state index is 11.3. The van der Waals surface area contributed by atoms with Gasteiger partial charge in [-0.25, -0.2) is 0 Å². The minimum absolute atomic E-state index is 0.0580. The Morgan fingerprint density at radius 2 is 1.70 bits per heavy atom. The van der Waals surface area contributed by atoms with Gasteiger partial charge in [0.15, 0.2) is 5.41 Å². The summed E-state index contributed by atoms with van der Waals surface area (Å²) in [6, 6.07) is 9.52. The molecule has 0 fully saturated rings. The molecule has 1 aliphatic rings. The van der Waals surface area contributed by atoms with Gasteiger partial charge >= 0.3 is 11.9 Å². The Bertz CT molecular complexity index is 595. The molecule has 4 heteroatoms. The van der Waals surface area contributed by atoms with E-state index < -0.39 is 17.4 Å². The summed E-state index contributed by atoms with van der Waals surface area (Å²) in [5.74, 6) is -2.69. The molecule has 0 spiro atoms. The summed E-state index contributed by atoms with van der Waals surface area (Å²) in [4.78, 5) is 22.5. The first-order valence-electron chi connectivity index (χ1n) is 6.13.